The molecule has 1 N–H and O–H groups in total. The Morgan fingerprint density at radius 1 is 1.00 bits per heavy atom. The van der Waals surface area contributed by atoms with Crippen LogP contribution in [0.5, 0.6) is 0 Å². The van der Waals surface area contributed by atoms with E-state index in [1.165, 1.54) is 0 Å². The lowest BCUT2D eigenvalue weighted by molar-refractivity contribution is -0.147. The standard InChI is InChI=1S/C11H20O5/c1-2-15-10(13)7-5-9-16-11(14)6-3-4-8-12/h12H,2-9H2,1H3. The molecule has 0 aliphatic carbocycles. The summed E-state index contributed by atoms with van der Waals surface area (Å²) in [5, 5.41) is 8.50. The Morgan fingerprint density at radius 3 is 2.25 bits per heavy atom. The highest BCUT2D eigenvalue weighted by molar-refractivity contribution is 5.70. The first-order chi connectivity index (χ1) is 7.70. The molecular weight excluding hydrogens is 212 g/mol. The number of hydrogen-bond acceptors (Lipinski definition) is 5. The first-order valence-corrected chi connectivity index (χ1v) is 5.62. The van der Waals surface area contributed by atoms with Gasteiger partial charge in [0.25, 0.3) is 0 Å². The predicted molar refractivity (Wildman–Crippen MR) is 57.8 cm³/mol. The van der Waals surface area contributed by atoms with Crippen molar-refractivity contribution in [1.29, 1.82) is 0 Å². The van der Waals surface area contributed by atoms with E-state index in [-0.39, 0.29) is 31.6 Å². The number of carbonyl (C=O) groups excluding carboxylic acids is 2. The van der Waals surface area contributed by atoms with Crippen LogP contribution in [-0.4, -0.2) is 36.9 Å². The smallest absolute Gasteiger partial charge is 0.305 e. The maximum atomic E-state index is 11.1. The van der Waals surface area contributed by atoms with Crippen molar-refractivity contribution in [3.8, 4) is 0 Å². The minimum Gasteiger partial charge on any atom is -0.466 e. The summed E-state index contributed by atoms with van der Waals surface area (Å²) in [4.78, 5) is 22.0. The van der Waals surface area contributed by atoms with Crippen LogP contribution in [0.15, 0.2) is 0 Å². The number of rotatable bonds is 9. The van der Waals surface area contributed by atoms with E-state index in [2.05, 4.69) is 0 Å². The summed E-state index contributed by atoms with van der Waals surface area (Å²) in [6.07, 6.45) is 2.33. The lowest BCUT2D eigenvalue weighted by atomic mass is 10.2. The molecule has 0 aliphatic heterocycles. The number of hydrogen-bond donors (Lipinski definition) is 1. The molecule has 0 fully saturated rings. The molecule has 0 spiro atoms. The number of carbonyl (C=O) groups is 2. The molecule has 0 bridgehead atoms. The fraction of sp³-hybridized carbons (Fsp3) is 0.818. The fourth-order valence-electron chi connectivity index (χ4n) is 1.09. The molecular formula is C11H20O5. The molecule has 0 saturated carbocycles. The topological polar surface area (TPSA) is 72.8 Å². The molecule has 0 aromatic heterocycles. The predicted octanol–water partition coefficient (Wildman–Crippen LogP) is 1.04. The molecule has 0 aliphatic rings. The second kappa shape index (κ2) is 10.4. The van der Waals surface area contributed by atoms with E-state index < -0.39 is 0 Å². The van der Waals surface area contributed by atoms with Crippen molar-refractivity contribution in [3.63, 3.8) is 0 Å². The van der Waals surface area contributed by atoms with Gasteiger partial charge in [0.1, 0.15) is 0 Å². The van der Waals surface area contributed by atoms with Crippen LogP contribution in [0.2, 0.25) is 0 Å². The molecule has 94 valence electrons. The summed E-state index contributed by atoms with van der Waals surface area (Å²) in [5.41, 5.74) is 0. The van der Waals surface area contributed by atoms with Gasteiger partial charge in [-0.25, -0.2) is 0 Å². The van der Waals surface area contributed by atoms with Crippen molar-refractivity contribution < 1.29 is 24.2 Å². The summed E-state index contributed by atoms with van der Waals surface area (Å²) in [7, 11) is 0. The largest absolute Gasteiger partial charge is 0.466 e. The average Bonchev–Trinajstić information content (AvgIpc) is 2.25. The molecule has 16 heavy (non-hydrogen) atoms. The lowest BCUT2D eigenvalue weighted by Gasteiger charge is -2.04. The zero-order valence-corrected chi connectivity index (χ0v) is 9.74. The number of ether oxygens (including phenoxy) is 2. The van der Waals surface area contributed by atoms with E-state index in [0.717, 1.165) is 0 Å². The minimum absolute atomic E-state index is 0.0934. The van der Waals surface area contributed by atoms with Crippen molar-refractivity contribution in [3.05, 3.63) is 0 Å². The fourth-order valence-corrected chi connectivity index (χ4v) is 1.09. The molecule has 0 rings (SSSR count). The van der Waals surface area contributed by atoms with Gasteiger partial charge in [0.15, 0.2) is 0 Å². The number of aliphatic hydroxyl groups is 1. The summed E-state index contributed by atoms with van der Waals surface area (Å²) in [6, 6.07) is 0. The van der Waals surface area contributed by atoms with E-state index in [1.54, 1.807) is 6.92 Å². The summed E-state index contributed by atoms with van der Waals surface area (Å²) in [5.74, 6) is -0.545. The molecule has 0 radical (unpaired) electrons. The van der Waals surface area contributed by atoms with Crippen molar-refractivity contribution in [2.75, 3.05) is 19.8 Å². The first-order valence-electron chi connectivity index (χ1n) is 5.62. The zero-order chi connectivity index (χ0) is 12.2. The van der Waals surface area contributed by atoms with Crippen LogP contribution in [0, 0.1) is 0 Å². The molecule has 0 aromatic rings. The third-order valence-corrected chi connectivity index (χ3v) is 1.88. The maximum absolute atomic E-state index is 11.1. The Labute approximate surface area is 95.7 Å². The van der Waals surface area contributed by atoms with Crippen molar-refractivity contribution >= 4 is 11.9 Å². The highest BCUT2D eigenvalue weighted by Gasteiger charge is 2.04. The van der Waals surface area contributed by atoms with Gasteiger partial charge in [-0.2, -0.15) is 0 Å². The zero-order valence-electron chi connectivity index (χ0n) is 9.74. The van der Waals surface area contributed by atoms with E-state index in [9.17, 15) is 9.59 Å². The molecule has 0 amide bonds. The number of aliphatic hydroxyl groups excluding tert-OH is 1. The molecule has 0 unspecified atom stereocenters. The van der Waals surface area contributed by atoms with E-state index in [0.29, 0.717) is 32.3 Å². The Bertz CT molecular complexity index is 203. The van der Waals surface area contributed by atoms with Crippen LogP contribution in [0.1, 0.15) is 39.0 Å². The van der Waals surface area contributed by atoms with Gasteiger partial charge in [0.2, 0.25) is 0 Å². The van der Waals surface area contributed by atoms with Crippen LogP contribution < -0.4 is 0 Å². The van der Waals surface area contributed by atoms with E-state index in [1.807, 2.05) is 0 Å². The number of esters is 2. The average molecular weight is 232 g/mol. The van der Waals surface area contributed by atoms with Crippen molar-refractivity contribution in [2.24, 2.45) is 0 Å². The summed E-state index contributed by atoms with van der Waals surface area (Å²) < 4.78 is 9.61. The van der Waals surface area contributed by atoms with Gasteiger partial charge in [0.05, 0.1) is 13.2 Å². The maximum Gasteiger partial charge on any atom is 0.305 e. The van der Waals surface area contributed by atoms with Crippen molar-refractivity contribution in [2.45, 2.75) is 39.0 Å². The van der Waals surface area contributed by atoms with Crippen molar-refractivity contribution in [1.82, 2.24) is 0 Å². The second-order valence-electron chi connectivity index (χ2n) is 3.31. The van der Waals surface area contributed by atoms with E-state index >= 15 is 0 Å². The summed E-state index contributed by atoms with van der Waals surface area (Å²) in [6.45, 7) is 2.46. The molecule has 0 saturated heterocycles. The highest BCUT2D eigenvalue weighted by atomic mass is 16.5. The lowest BCUT2D eigenvalue weighted by Crippen LogP contribution is -2.09. The minimum atomic E-state index is -0.280. The Balaban J connectivity index is 3.30. The van der Waals surface area contributed by atoms with Gasteiger partial charge in [-0.3, -0.25) is 9.59 Å². The molecule has 0 atom stereocenters. The SMILES string of the molecule is CCOC(=O)CCCOC(=O)CCCCO. The Morgan fingerprint density at radius 2 is 1.62 bits per heavy atom. The van der Waals surface area contributed by atoms with Gasteiger partial charge in [-0.05, 0) is 26.2 Å². The summed E-state index contributed by atoms with van der Waals surface area (Å²) >= 11 is 0. The van der Waals surface area contributed by atoms with Crippen LogP contribution in [0.25, 0.3) is 0 Å². The second-order valence-corrected chi connectivity index (χ2v) is 3.31. The third-order valence-electron chi connectivity index (χ3n) is 1.88. The quantitative estimate of drug-likeness (QED) is 0.475. The van der Waals surface area contributed by atoms with E-state index in [4.69, 9.17) is 14.6 Å². The monoisotopic (exact) mass is 232 g/mol. The molecule has 0 aromatic carbocycles. The normalized spacial score (nSPS) is 9.88. The van der Waals surface area contributed by atoms with Gasteiger partial charge in [0, 0.05) is 19.4 Å². The van der Waals surface area contributed by atoms with Crippen LogP contribution in [0.3, 0.4) is 0 Å². The van der Waals surface area contributed by atoms with Crippen LogP contribution in [0.4, 0.5) is 0 Å². The molecule has 5 nitrogen and oxygen atoms in total. The third kappa shape index (κ3) is 9.45. The molecule has 0 heterocycles. The number of unbranched alkanes of at least 4 members (excludes halogenated alkanes) is 1. The first kappa shape index (κ1) is 14.9. The van der Waals surface area contributed by atoms with Gasteiger partial charge < -0.3 is 14.6 Å². The van der Waals surface area contributed by atoms with Crippen LogP contribution in [-0.2, 0) is 19.1 Å². The van der Waals surface area contributed by atoms with Gasteiger partial charge in [-0.15, -0.1) is 0 Å². The molecule has 5 heteroatoms. The van der Waals surface area contributed by atoms with Crippen LogP contribution >= 0.6 is 0 Å². The Hall–Kier alpha value is -1.10. The highest BCUT2D eigenvalue weighted by Crippen LogP contribution is 1.99. The Kier molecular flexibility index (Phi) is 9.70. The van der Waals surface area contributed by atoms with Gasteiger partial charge >= 0.3 is 11.9 Å². The van der Waals surface area contributed by atoms with Gasteiger partial charge in [-0.1, -0.05) is 0 Å².